The molecule has 1 aliphatic heterocycles. The van der Waals surface area contributed by atoms with Gasteiger partial charge in [-0.2, -0.15) is 4.31 Å². The number of phenolic OH excluding ortho intramolecular Hbond substituents is 1. The van der Waals surface area contributed by atoms with Gasteiger partial charge in [-0.1, -0.05) is 6.42 Å². The molecule has 2 aromatic rings. The number of carbonyl (C=O) groups is 2. The third kappa shape index (κ3) is 5.74. The number of carbonyl (C=O) groups excluding carboxylic acids is 2. The Balaban J connectivity index is 1.70. The van der Waals surface area contributed by atoms with E-state index in [2.05, 4.69) is 5.32 Å². The van der Waals surface area contributed by atoms with Gasteiger partial charge in [-0.3, -0.25) is 4.79 Å². The first kappa shape index (κ1) is 24.3. The van der Waals surface area contributed by atoms with Gasteiger partial charge < -0.3 is 24.6 Å². The van der Waals surface area contributed by atoms with Crippen LogP contribution < -0.4 is 14.8 Å². The normalized spacial score (nSPS) is 14.4. The molecule has 0 bridgehead atoms. The number of sulfonamides is 1. The van der Waals surface area contributed by atoms with Crippen LogP contribution in [0.4, 0.5) is 5.69 Å². The van der Waals surface area contributed by atoms with Gasteiger partial charge in [-0.25, -0.2) is 13.2 Å². The van der Waals surface area contributed by atoms with Crippen molar-refractivity contribution in [1.82, 2.24) is 4.31 Å². The summed E-state index contributed by atoms with van der Waals surface area (Å²) in [4.78, 5) is 24.5. The molecule has 33 heavy (non-hydrogen) atoms. The van der Waals surface area contributed by atoms with Gasteiger partial charge in [0, 0.05) is 18.8 Å². The Morgan fingerprint density at radius 1 is 1.03 bits per heavy atom. The molecule has 0 unspecified atom stereocenters. The largest absolute Gasteiger partial charge is 0.507 e. The number of hydrogen-bond acceptors (Lipinski definition) is 8. The number of hydrogen-bond donors (Lipinski definition) is 2. The van der Waals surface area contributed by atoms with E-state index in [1.165, 1.54) is 54.9 Å². The Bertz CT molecular complexity index is 1130. The van der Waals surface area contributed by atoms with E-state index in [-0.39, 0.29) is 27.6 Å². The number of amides is 1. The second-order valence-corrected chi connectivity index (χ2v) is 9.24. The molecule has 0 aromatic heterocycles. The van der Waals surface area contributed by atoms with E-state index in [9.17, 15) is 23.1 Å². The fraction of sp³-hybridized carbons (Fsp3) is 0.364. The zero-order chi connectivity index (χ0) is 24.0. The molecule has 0 aliphatic carbocycles. The van der Waals surface area contributed by atoms with Gasteiger partial charge >= 0.3 is 5.97 Å². The summed E-state index contributed by atoms with van der Waals surface area (Å²) in [6, 6.07) is 8.29. The van der Waals surface area contributed by atoms with Crippen molar-refractivity contribution in [3.8, 4) is 17.2 Å². The Morgan fingerprint density at radius 3 is 2.42 bits per heavy atom. The summed E-state index contributed by atoms with van der Waals surface area (Å²) in [5.74, 6) is -1.41. The van der Waals surface area contributed by atoms with Crippen LogP contribution in [0, 0.1) is 0 Å². The van der Waals surface area contributed by atoms with E-state index in [0.29, 0.717) is 18.8 Å². The summed E-state index contributed by atoms with van der Waals surface area (Å²) in [7, 11) is -1.03. The smallest absolute Gasteiger partial charge is 0.342 e. The van der Waals surface area contributed by atoms with E-state index >= 15 is 0 Å². The molecule has 2 N–H and O–H groups in total. The van der Waals surface area contributed by atoms with Crippen LogP contribution in [0.5, 0.6) is 17.2 Å². The van der Waals surface area contributed by atoms with E-state index < -0.39 is 28.5 Å². The number of nitrogens with one attached hydrogen (secondary N) is 1. The fourth-order valence-corrected chi connectivity index (χ4v) is 5.11. The van der Waals surface area contributed by atoms with Gasteiger partial charge in [0.25, 0.3) is 5.91 Å². The third-order valence-corrected chi connectivity index (χ3v) is 7.06. The lowest BCUT2D eigenvalue weighted by molar-refractivity contribution is -0.119. The van der Waals surface area contributed by atoms with E-state index in [1.54, 1.807) is 0 Å². The minimum Gasteiger partial charge on any atom is -0.507 e. The van der Waals surface area contributed by atoms with Crippen molar-refractivity contribution >= 4 is 27.6 Å². The topological polar surface area (TPSA) is 131 Å². The molecule has 11 heteroatoms. The maximum Gasteiger partial charge on any atom is 0.342 e. The van der Waals surface area contributed by atoms with Crippen molar-refractivity contribution in [2.24, 2.45) is 0 Å². The van der Waals surface area contributed by atoms with Crippen LogP contribution in [0.15, 0.2) is 41.3 Å². The van der Waals surface area contributed by atoms with Gasteiger partial charge in [0.05, 0.1) is 14.2 Å². The van der Waals surface area contributed by atoms with Crippen LogP contribution in [-0.2, 0) is 19.6 Å². The number of anilines is 1. The number of benzene rings is 2. The molecule has 2 aromatic carbocycles. The summed E-state index contributed by atoms with van der Waals surface area (Å²) in [5.41, 5.74) is 0.0539. The molecule has 3 rings (SSSR count). The van der Waals surface area contributed by atoms with Gasteiger partial charge in [0.2, 0.25) is 10.0 Å². The fourth-order valence-electron chi connectivity index (χ4n) is 3.41. The Kier molecular flexibility index (Phi) is 7.77. The first-order chi connectivity index (χ1) is 15.8. The lowest BCUT2D eigenvalue weighted by Gasteiger charge is -2.26. The molecule has 0 saturated carbocycles. The number of piperidine rings is 1. The summed E-state index contributed by atoms with van der Waals surface area (Å²) >= 11 is 0. The zero-order valence-corrected chi connectivity index (χ0v) is 19.2. The first-order valence-corrected chi connectivity index (χ1v) is 11.7. The number of esters is 1. The summed E-state index contributed by atoms with van der Waals surface area (Å²) < 4.78 is 42.8. The quantitative estimate of drug-likeness (QED) is 0.553. The predicted octanol–water partition coefficient (Wildman–Crippen LogP) is 2.38. The molecular weight excluding hydrogens is 452 g/mol. The highest BCUT2D eigenvalue weighted by Gasteiger charge is 2.29. The van der Waals surface area contributed by atoms with E-state index in [1.807, 2.05) is 0 Å². The van der Waals surface area contributed by atoms with Crippen molar-refractivity contribution in [2.75, 3.05) is 39.2 Å². The minimum absolute atomic E-state index is 0.0528. The maximum atomic E-state index is 13.1. The first-order valence-electron chi connectivity index (χ1n) is 10.3. The lowest BCUT2D eigenvalue weighted by atomic mass is 10.2. The summed E-state index contributed by atoms with van der Waals surface area (Å²) in [5, 5.41) is 12.3. The highest BCUT2D eigenvalue weighted by molar-refractivity contribution is 7.89. The molecule has 0 atom stereocenters. The van der Waals surface area contributed by atoms with Crippen molar-refractivity contribution in [1.29, 1.82) is 0 Å². The Hall–Kier alpha value is -3.31. The van der Waals surface area contributed by atoms with Crippen molar-refractivity contribution in [3.63, 3.8) is 0 Å². The molecule has 1 heterocycles. The number of phenols is 1. The SMILES string of the molecule is COc1ccc(O)c(C(=O)OCC(=O)Nc2ccc(OC)c(S(=O)(=O)N3CCCCC3)c2)c1. The van der Waals surface area contributed by atoms with Gasteiger partial charge in [-0.15, -0.1) is 0 Å². The standard InChI is InChI=1S/C22H26N2O8S/c1-30-16-7-8-18(25)17(13-16)22(27)32-14-21(26)23-15-6-9-19(31-2)20(12-15)33(28,29)24-10-4-3-5-11-24/h6-9,12-13,25H,3-5,10-11,14H2,1-2H3,(H,23,26). The highest BCUT2D eigenvalue weighted by Crippen LogP contribution is 2.31. The van der Waals surface area contributed by atoms with Crippen molar-refractivity contribution < 1.29 is 37.3 Å². The van der Waals surface area contributed by atoms with Crippen LogP contribution in [0.3, 0.4) is 0 Å². The molecule has 10 nitrogen and oxygen atoms in total. The highest BCUT2D eigenvalue weighted by atomic mass is 32.2. The van der Waals surface area contributed by atoms with Crippen LogP contribution in [0.25, 0.3) is 0 Å². The molecule has 1 amide bonds. The van der Waals surface area contributed by atoms with Crippen molar-refractivity contribution in [3.05, 3.63) is 42.0 Å². The molecule has 1 aliphatic rings. The van der Waals surface area contributed by atoms with Crippen LogP contribution in [0.1, 0.15) is 29.6 Å². The number of ether oxygens (including phenoxy) is 3. The Labute approximate surface area is 192 Å². The molecule has 0 spiro atoms. The molecule has 1 saturated heterocycles. The second-order valence-electron chi connectivity index (χ2n) is 7.34. The molecule has 1 fully saturated rings. The molecule has 178 valence electrons. The van der Waals surface area contributed by atoms with Crippen molar-refractivity contribution in [2.45, 2.75) is 24.2 Å². The summed E-state index contributed by atoms with van der Waals surface area (Å²) in [6.45, 7) is 0.208. The zero-order valence-electron chi connectivity index (χ0n) is 18.4. The third-order valence-electron chi connectivity index (χ3n) is 5.14. The van der Waals surface area contributed by atoms with Crippen LogP contribution in [0.2, 0.25) is 0 Å². The number of methoxy groups -OCH3 is 2. The molecular formula is C22H26N2O8S. The van der Waals surface area contributed by atoms with Gasteiger partial charge in [0.1, 0.15) is 27.7 Å². The average molecular weight is 479 g/mol. The average Bonchev–Trinajstić information content (AvgIpc) is 2.83. The van der Waals surface area contributed by atoms with Gasteiger partial charge in [-0.05, 0) is 49.2 Å². The summed E-state index contributed by atoms with van der Waals surface area (Å²) in [6.07, 6.45) is 2.55. The van der Waals surface area contributed by atoms with Crippen LogP contribution in [-0.4, -0.2) is 63.6 Å². The monoisotopic (exact) mass is 478 g/mol. The number of aromatic hydroxyl groups is 1. The predicted molar refractivity (Wildman–Crippen MR) is 119 cm³/mol. The lowest BCUT2D eigenvalue weighted by Crippen LogP contribution is -2.35. The van der Waals surface area contributed by atoms with E-state index in [4.69, 9.17) is 14.2 Å². The van der Waals surface area contributed by atoms with Crippen LogP contribution >= 0.6 is 0 Å². The number of nitrogens with zero attached hydrogens (tertiary/aromatic N) is 1. The Morgan fingerprint density at radius 2 is 1.76 bits per heavy atom. The minimum atomic E-state index is -3.80. The number of rotatable bonds is 8. The van der Waals surface area contributed by atoms with E-state index in [0.717, 1.165) is 19.3 Å². The maximum absolute atomic E-state index is 13.1. The second kappa shape index (κ2) is 10.5. The van der Waals surface area contributed by atoms with Gasteiger partial charge in [0.15, 0.2) is 6.61 Å². The molecule has 0 radical (unpaired) electrons.